The van der Waals surface area contributed by atoms with Crippen molar-refractivity contribution in [3.63, 3.8) is 0 Å². The van der Waals surface area contributed by atoms with E-state index in [1.807, 2.05) is 12.1 Å². The first-order valence-electron chi connectivity index (χ1n) is 6.24. The Bertz CT molecular complexity index is 395. The first-order valence-corrected chi connectivity index (χ1v) is 6.99. The summed E-state index contributed by atoms with van der Waals surface area (Å²) < 4.78 is 5.61. The summed E-state index contributed by atoms with van der Waals surface area (Å²) in [5.41, 5.74) is 3.76. The number of benzene rings is 1. The normalized spacial score (nSPS) is 21.2. The molecule has 2 atom stereocenters. The Balaban J connectivity index is 2.00. The highest BCUT2D eigenvalue weighted by atomic mass is 35.5. The molecule has 18 heavy (non-hydrogen) atoms. The zero-order valence-corrected chi connectivity index (χ0v) is 11.7. The fourth-order valence-electron chi connectivity index (χ4n) is 2.34. The van der Waals surface area contributed by atoms with Gasteiger partial charge in [-0.2, -0.15) is 0 Å². The second-order valence-corrected chi connectivity index (χ2v) is 5.36. The zero-order chi connectivity index (χ0) is 13.0. The van der Waals surface area contributed by atoms with Crippen molar-refractivity contribution >= 4 is 23.2 Å². The molecule has 1 fully saturated rings. The fraction of sp³-hybridized carbons (Fsp3) is 0.538. The van der Waals surface area contributed by atoms with E-state index in [0.29, 0.717) is 16.1 Å². The lowest BCUT2D eigenvalue weighted by Crippen LogP contribution is -2.29. The van der Waals surface area contributed by atoms with Gasteiger partial charge in [0.15, 0.2) is 0 Å². The van der Waals surface area contributed by atoms with Gasteiger partial charge < -0.3 is 4.74 Å². The van der Waals surface area contributed by atoms with Crippen molar-refractivity contribution in [1.29, 1.82) is 0 Å². The van der Waals surface area contributed by atoms with Crippen LogP contribution in [0.2, 0.25) is 10.0 Å². The summed E-state index contributed by atoms with van der Waals surface area (Å²) in [5.74, 6) is 5.62. The van der Waals surface area contributed by atoms with E-state index in [0.717, 1.165) is 37.9 Å². The summed E-state index contributed by atoms with van der Waals surface area (Å²) in [7, 11) is 0. The fourth-order valence-corrected chi connectivity index (χ4v) is 2.78. The molecule has 1 saturated heterocycles. The molecule has 0 amide bonds. The smallest absolute Gasteiger partial charge is 0.0640 e. The van der Waals surface area contributed by atoms with Gasteiger partial charge in [0.1, 0.15) is 0 Å². The van der Waals surface area contributed by atoms with Gasteiger partial charge in [-0.25, -0.2) is 0 Å². The van der Waals surface area contributed by atoms with Crippen LogP contribution in [0.3, 0.4) is 0 Å². The molecule has 0 radical (unpaired) electrons. The van der Waals surface area contributed by atoms with Gasteiger partial charge in [0.05, 0.1) is 16.1 Å². The first kappa shape index (κ1) is 14.1. The van der Waals surface area contributed by atoms with Crippen molar-refractivity contribution < 1.29 is 4.74 Å². The van der Waals surface area contributed by atoms with E-state index in [-0.39, 0.29) is 6.04 Å². The van der Waals surface area contributed by atoms with Crippen molar-refractivity contribution in [2.75, 3.05) is 6.61 Å². The molecule has 5 heteroatoms. The van der Waals surface area contributed by atoms with Gasteiger partial charge in [0, 0.05) is 12.6 Å². The van der Waals surface area contributed by atoms with E-state index in [1.54, 1.807) is 6.07 Å². The van der Waals surface area contributed by atoms with Crippen molar-refractivity contribution in [3.8, 4) is 0 Å². The highest BCUT2D eigenvalue weighted by molar-refractivity contribution is 6.42. The molecule has 0 aromatic heterocycles. The first-order chi connectivity index (χ1) is 8.72. The lowest BCUT2D eigenvalue weighted by Gasteiger charge is -2.19. The molecule has 0 saturated carbocycles. The maximum Gasteiger partial charge on any atom is 0.0640 e. The van der Waals surface area contributed by atoms with Gasteiger partial charge in [-0.3, -0.25) is 11.3 Å². The lowest BCUT2D eigenvalue weighted by molar-refractivity contribution is 0.0996. The number of hydrazine groups is 1. The predicted molar refractivity (Wildman–Crippen MR) is 74.7 cm³/mol. The SMILES string of the molecule is NNC(CCC1CCCO1)c1cccc(Cl)c1Cl. The van der Waals surface area contributed by atoms with Crippen LogP contribution in [0.25, 0.3) is 0 Å². The molecule has 1 heterocycles. The Morgan fingerprint density at radius 1 is 1.44 bits per heavy atom. The number of ether oxygens (including phenoxy) is 1. The quantitative estimate of drug-likeness (QED) is 0.644. The van der Waals surface area contributed by atoms with E-state index in [1.165, 1.54) is 0 Å². The third-order valence-electron chi connectivity index (χ3n) is 3.36. The average Bonchev–Trinajstić information content (AvgIpc) is 2.88. The number of rotatable bonds is 5. The van der Waals surface area contributed by atoms with E-state index in [9.17, 15) is 0 Å². The van der Waals surface area contributed by atoms with Crippen molar-refractivity contribution in [3.05, 3.63) is 33.8 Å². The molecule has 0 spiro atoms. The maximum atomic E-state index is 6.20. The molecule has 3 N–H and O–H groups in total. The Morgan fingerprint density at radius 3 is 2.94 bits per heavy atom. The summed E-state index contributed by atoms with van der Waals surface area (Å²) >= 11 is 12.2. The molecule has 1 aromatic carbocycles. The van der Waals surface area contributed by atoms with Crippen LogP contribution in [0.15, 0.2) is 18.2 Å². The van der Waals surface area contributed by atoms with Crippen LogP contribution < -0.4 is 11.3 Å². The maximum absolute atomic E-state index is 6.20. The van der Waals surface area contributed by atoms with Gasteiger partial charge in [-0.05, 0) is 37.3 Å². The largest absolute Gasteiger partial charge is 0.378 e. The average molecular weight is 289 g/mol. The van der Waals surface area contributed by atoms with Gasteiger partial charge in [-0.1, -0.05) is 35.3 Å². The van der Waals surface area contributed by atoms with Crippen LogP contribution in [0.1, 0.15) is 37.3 Å². The van der Waals surface area contributed by atoms with Gasteiger partial charge in [0.25, 0.3) is 0 Å². The van der Waals surface area contributed by atoms with Crippen LogP contribution in [0.5, 0.6) is 0 Å². The van der Waals surface area contributed by atoms with Crippen molar-refractivity contribution in [2.45, 2.75) is 37.8 Å². The summed E-state index contributed by atoms with van der Waals surface area (Å²) in [6, 6.07) is 5.63. The van der Waals surface area contributed by atoms with Crippen LogP contribution in [-0.2, 0) is 4.74 Å². The molecule has 3 nitrogen and oxygen atoms in total. The van der Waals surface area contributed by atoms with E-state index in [2.05, 4.69) is 5.43 Å². The van der Waals surface area contributed by atoms with E-state index in [4.69, 9.17) is 33.8 Å². The third-order valence-corrected chi connectivity index (χ3v) is 4.19. The predicted octanol–water partition coefficient (Wildman–Crippen LogP) is 3.46. The minimum absolute atomic E-state index is 0.0143. The van der Waals surface area contributed by atoms with Crippen molar-refractivity contribution in [1.82, 2.24) is 5.43 Å². The topological polar surface area (TPSA) is 47.3 Å². The van der Waals surface area contributed by atoms with Gasteiger partial charge >= 0.3 is 0 Å². The second kappa shape index (κ2) is 6.73. The highest BCUT2D eigenvalue weighted by Gasteiger charge is 2.20. The van der Waals surface area contributed by atoms with Crippen molar-refractivity contribution in [2.24, 2.45) is 5.84 Å². The van der Waals surface area contributed by atoms with E-state index < -0.39 is 0 Å². The molecular formula is C13H18Cl2N2O. The number of nitrogens with one attached hydrogen (secondary N) is 1. The third kappa shape index (κ3) is 3.37. The molecule has 0 aliphatic carbocycles. The molecular weight excluding hydrogens is 271 g/mol. The molecule has 2 rings (SSSR count). The Hall–Kier alpha value is -0.320. The molecule has 100 valence electrons. The highest BCUT2D eigenvalue weighted by Crippen LogP contribution is 2.32. The summed E-state index contributed by atoms with van der Waals surface area (Å²) in [6.45, 7) is 0.878. The Morgan fingerprint density at radius 2 is 2.28 bits per heavy atom. The minimum atomic E-state index is 0.0143. The van der Waals surface area contributed by atoms with E-state index >= 15 is 0 Å². The summed E-state index contributed by atoms with van der Waals surface area (Å²) in [5, 5.41) is 1.14. The summed E-state index contributed by atoms with van der Waals surface area (Å²) in [6.07, 6.45) is 4.53. The molecule has 1 aromatic rings. The number of hydrogen-bond acceptors (Lipinski definition) is 3. The Labute approximate surface area is 118 Å². The van der Waals surface area contributed by atoms with Crippen LogP contribution >= 0.6 is 23.2 Å². The molecule has 1 aliphatic rings. The van der Waals surface area contributed by atoms with Crippen LogP contribution in [0, 0.1) is 0 Å². The number of halogens is 2. The minimum Gasteiger partial charge on any atom is -0.378 e. The standard InChI is InChI=1S/C13H18Cl2N2O/c14-11-5-1-4-10(13(11)15)12(17-16)7-6-9-3-2-8-18-9/h1,4-5,9,12,17H,2-3,6-8,16H2. The van der Waals surface area contributed by atoms with Crippen LogP contribution in [0.4, 0.5) is 0 Å². The lowest BCUT2D eigenvalue weighted by atomic mass is 10.00. The molecule has 0 bridgehead atoms. The second-order valence-electron chi connectivity index (χ2n) is 4.57. The van der Waals surface area contributed by atoms with Crippen LogP contribution in [-0.4, -0.2) is 12.7 Å². The number of nitrogens with two attached hydrogens (primary N) is 1. The molecule has 2 unspecified atom stereocenters. The Kier molecular flexibility index (Phi) is 5.27. The number of hydrogen-bond donors (Lipinski definition) is 2. The zero-order valence-electron chi connectivity index (χ0n) is 10.2. The summed E-state index contributed by atoms with van der Waals surface area (Å²) in [4.78, 5) is 0. The van der Waals surface area contributed by atoms with Gasteiger partial charge in [0.2, 0.25) is 0 Å². The molecule has 1 aliphatic heterocycles. The van der Waals surface area contributed by atoms with Gasteiger partial charge in [-0.15, -0.1) is 0 Å². The monoisotopic (exact) mass is 288 g/mol.